The van der Waals surface area contributed by atoms with Gasteiger partial charge in [-0.1, -0.05) is 0 Å². The summed E-state index contributed by atoms with van der Waals surface area (Å²) in [6, 6.07) is 5.76. The van der Waals surface area contributed by atoms with Crippen LogP contribution in [0.15, 0.2) is 28.9 Å². The molecule has 4 heterocycles. The SMILES string of the molecule is Cc1nc2cc(-c3ccco3)nn2c(N2CC(C)OC(C)C2)c1C. The Labute approximate surface area is 141 Å². The van der Waals surface area contributed by atoms with E-state index < -0.39 is 0 Å². The molecule has 24 heavy (non-hydrogen) atoms. The van der Waals surface area contributed by atoms with E-state index >= 15 is 0 Å². The first kappa shape index (κ1) is 15.2. The van der Waals surface area contributed by atoms with Crippen LogP contribution >= 0.6 is 0 Å². The quantitative estimate of drug-likeness (QED) is 0.724. The minimum absolute atomic E-state index is 0.191. The summed E-state index contributed by atoms with van der Waals surface area (Å²) in [7, 11) is 0. The molecule has 126 valence electrons. The summed E-state index contributed by atoms with van der Waals surface area (Å²) in [5.74, 6) is 1.85. The first-order valence-electron chi connectivity index (χ1n) is 8.34. The Morgan fingerprint density at radius 3 is 2.58 bits per heavy atom. The fourth-order valence-corrected chi connectivity index (χ4v) is 3.45. The van der Waals surface area contributed by atoms with Gasteiger partial charge in [-0.2, -0.15) is 9.61 Å². The second kappa shape index (κ2) is 5.63. The fraction of sp³-hybridized carbons (Fsp3) is 0.444. The average molecular weight is 326 g/mol. The van der Waals surface area contributed by atoms with Crippen molar-refractivity contribution in [3.63, 3.8) is 0 Å². The van der Waals surface area contributed by atoms with E-state index in [1.165, 1.54) is 0 Å². The normalized spacial score (nSPS) is 21.6. The number of anilines is 1. The number of aromatic nitrogens is 3. The zero-order chi connectivity index (χ0) is 16.8. The second-order valence-electron chi connectivity index (χ2n) is 6.59. The van der Waals surface area contributed by atoms with Crippen molar-refractivity contribution >= 4 is 11.5 Å². The van der Waals surface area contributed by atoms with Gasteiger partial charge in [-0.3, -0.25) is 0 Å². The Morgan fingerprint density at radius 2 is 1.92 bits per heavy atom. The van der Waals surface area contributed by atoms with Gasteiger partial charge in [0.1, 0.15) is 11.5 Å². The Morgan fingerprint density at radius 1 is 1.17 bits per heavy atom. The first-order valence-corrected chi connectivity index (χ1v) is 8.34. The van der Waals surface area contributed by atoms with Crippen LogP contribution in [0, 0.1) is 13.8 Å². The van der Waals surface area contributed by atoms with Crippen molar-refractivity contribution in [1.82, 2.24) is 14.6 Å². The molecular weight excluding hydrogens is 304 g/mol. The van der Waals surface area contributed by atoms with Crippen molar-refractivity contribution in [1.29, 1.82) is 0 Å². The number of hydrogen-bond donors (Lipinski definition) is 0. The molecule has 4 rings (SSSR count). The molecule has 3 aromatic heterocycles. The van der Waals surface area contributed by atoms with Gasteiger partial charge in [0.2, 0.25) is 0 Å². The molecule has 0 saturated carbocycles. The van der Waals surface area contributed by atoms with Crippen LogP contribution in [0.4, 0.5) is 5.82 Å². The first-order chi connectivity index (χ1) is 11.5. The molecule has 0 amide bonds. The van der Waals surface area contributed by atoms with E-state index in [-0.39, 0.29) is 12.2 Å². The number of aryl methyl sites for hydroxylation is 1. The number of hydrogen-bond acceptors (Lipinski definition) is 5. The Hall–Kier alpha value is -2.34. The molecule has 3 aromatic rings. The lowest BCUT2D eigenvalue weighted by molar-refractivity contribution is -0.00561. The van der Waals surface area contributed by atoms with Gasteiger partial charge < -0.3 is 14.1 Å². The van der Waals surface area contributed by atoms with Crippen LogP contribution in [0.3, 0.4) is 0 Å². The molecule has 0 aliphatic carbocycles. The van der Waals surface area contributed by atoms with Crippen LogP contribution < -0.4 is 4.90 Å². The molecular formula is C18H22N4O2. The van der Waals surface area contributed by atoms with Crippen molar-refractivity contribution < 1.29 is 9.15 Å². The van der Waals surface area contributed by atoms with Gasteiger partial charge in [-0.15, -0.1) is 0 Å². The Balaban J connectivity index is 1.88. The molecule has 1 fully saturated rings. The monoisotopic (exact) mass is 326 g/mol. The summed E-state index contributed by atoms with van der Waals surface area (Å²) in [6.07, 6.45) is 2.05. The van der Waals surface area contributed by atoms with Crippen LogP contribution in [0.25, 0.3) is 17.1 Å². The van der Waals surface area contributed by atoms with Crippen molar-refractivity contribution in [2.24, 2.45) is 0 Å². The Bertz CT molecular complexity index is 859. The lowest BCUT2D eigenvalue weighted by Crippen LogP contribution is -2.46. The predicted octanol–water partition coefficient (Wildman–Crippen LogP) is 3.22. The number of ether oxygens (including phenoxy) is 1. The number of morpholine rings is 1. The van der Waals surface area contributed by atoms with E-state index in [9.17, 15) is 0 Å². The number of furan rings is 1. The van der Waals surface area contributed by atoms with Gasteiger partial charge in [0.25, 0.3) is 0 Å². The van der Waals surface area contributed by atoms with E-state index in [0.29, 0.717) is 0 Å². The Kier molecular flexibility index (Phi) is 3.57. The van der Waals surface area contributed by atoms with Gasteiger partial charge in [0.05, 0.1) is 18.5 Å². The summed E-state index contributed by atoms with van der Waals surface area (Å²) in [5, 5.41) is 4.76. The van der Waals surface area contributed by atoms with Crippen molar-refractivity contribution in [3.05, 3.63) is 35.7 Å². The summed E-state index contributed by atoms with van der Waals surface area (Å²) in [6.45, 7) is 10.1. The largest absolute Gasteiger partial charge is 0.463 e. The maximum atomic E-state index is 5.88. The third-order valence-electron chi connectivity index (χ3n) is 4.54. The highest BCUT2D eigenvalue weighted by molar-refractivity contribution is 5.64. The van der Waals surface area contributed by atoms with E-state index in [0.717, 1.165) is 47.3 Å². The maximum Gasteiger partial charge on any atom is 0.158 e. The third-order valence-corrected chi connectivity index (χ3v) is 4.54. The standard InChI is InChI=1S/C18H22N4O2/c1-11-9-21(10-12(2)24-11)18-13(3)14(4)19-17-8-15(20-22(17)18)16-6-5-7-23-16/h5-8,11-12H,9-10H2,1-4H3. The van der Waals surface area contributed by atoms with Crippen molar-refractivity contribution in [2.45, 2.75) is 39.9 Å². The van der Waals surface area contributed by atoms with Crippen LogP contribution in [-0.2, 0) is 4.74 Å². The molecule has 0 bridgehead atoms. The van der Waals surface area contributed by atoms with Gasteiger partial charge in [-0.25, -0.2) is 4.98 Å². The predicted molar refractivity (Wildman–Crippen MR) is 92.4 cm³/mol. The highest BCUT2D eigenvalue weighted by atomic mass is 16.5. The summed E-state index contributed by atoms with van der Waals surface area (Å²) in [5.41, 5.74) is 3.81. The molecule has 2 atom stereocenters. The molecule has 2 unspecified atom stereocenters. The lowest BCUT2D eigenvalue weighted by atomic mass is 10.2. The van der Waals surface area contributed by atoms with E-state index in [2.05, 4.69) is 25.7 Å². The average Bonchev–Trinajstić information content (AvgIpc) is 3.16. The highest BCUT2D eigenvalue weighted by Gasteiger charge is 2.27. The van der Waals surface area contributed by atoms with E-state index in [1.807, 2.05) is 29.6 Å². The zero-order valence-electron chi connectivity index (χ0n) is 14.5. The van der Waals surface area contributed by atoms with Gasteiger partial charge >= 0.3 is 0 Å². The molecule has 0 N–H and O–H groups in total. The molecule has 6 nitrogen and oxygen atoms in total. The van der Waals surface area contributed by atoms with Crippen LogP contribution in [-0.4, -0.2) is 39.9 Å². The van der Waals surface area contributed by atoms with Crippen LogP contribution in [0.1, 0.15) is 25.1 Å². The molecule has 1 aliphatic rings. The maximum absolute atomic E-state index is 5.88. The number of rotatable bonds is 2. The molecule has 6 heteroatoms. The van der Waals surface area contributed by atoms with E-state index in [4.69, 9.17) is 19.2 Å². The molecule has 0 aromatic carbocycles. The smallest absolute Gasteiger partial charge is 0.158 e. The lowest BCUT2D eigenvalue weighted by Gasteiger charge is -2.37. The van der Waals surface area contributed by atoms with Gasteiger partial charge in [0.15, 0.2) is 11.4 Å². The summed E-state index contributed by atoms with van der Waals surface area (Å²) >= 11 is 0. The van der Waals surface area contributed by atoms with E-state index in [1.54, 1.807) is 6.26 Å². The topological polar surface area (TPSA) is 55.8 Å². The third kappa shape index (κ3) is 2.47. The fourth-order valence-electron chi connectivity index (χ4n) is 3.45. The molecule has 0 spiro atoms. The van der Waals surface area contributed by atoms with Gasteiger partial charge in [-0.05, 0) is 39.8 Å². The van der Waals surface area contributed by atoms with Crippen molar-refractivity contribution in [3.8, 4) is 11.5 Å². The van der Waals surface area contributed by atoms with Gasteiger partial charge in [0, 0.05) is 30.4 Å². The van der Waals surface area contributed by atoms with Crippen LogP contribution in [0.5, 0.6) is 0 Å². The minimum Gasteiger partial charge on any atom is -0.463 e. The number of fused-ring (bicyclic) bond motifs is 1. The molecule has 1 aliphatic heterocycles. The molecule has 1 saturated heterocycles. The molecule has 0 radical (unpaired) electrons. The van der Waals surface area contributed by atoms with Crippen LogP contribution in [0.2, 0.25) is 0 Å². The summed E-state index contributed by atoms with van der Waals surface area (Å²) in [4.78, 5) is 7.06. The highest BCUT2D eigenvalue weighted by Crippen LogP contribution is 2.29. The minimum atomic E-state index is 0.191. The number of nitrogens with zero attached hydrogens (tertiary/aromatic N) is 4. The van der Waals surface area contributed by atoms with Crippen molar-refractivity contribution in [2.75, 3.05) is 18.0 Å². The summed E-state index contributed by atoms with van der Waals surface area (Å²) < 4.78 is 13.3. The zero-order valence-corrected chi connectivity index (χ0v) is 14.5. The second-order valence-corrected chi connectivity index (χ2v) is 6.59.